The van der Waals surface area contributed by atoms with Crippen LogP contribution in [0.15, 0.2) is 24.3 Å². The Morgan fingerprint density at radius 2 is 1.80 bits per heavy atom. The molecule has 0 amide bonds. The van der Waals surface area contributed by atoms with Gasteiger partial charge in [-0.05, 0) is 30.9 Å². The van der Waals surface area contributed by atoms with Crippen LogP contribution >= 0.6 is 0 Å². The number of nitro groups is 1. The average molecular weight is 299 g/mol. The van der Waals surface area contributed by atoms with Crippen LogP contribution in [0.2, 0.25) is 0 Å². The SMILES string of the molecule is NS(=O)(=O)CC1CCN(c2ccc([N+](=O)[O-])cc2)CC1. The van der Waals surface area contributed by atoms with E-state index in [0.717, 1.165) is 31.6 Å². The Labute approximate surface area is 117 Å². The second kappa shape index (κ2) is 5.76. The highest BCUT2D eigenvalue weighted by molar-refractivity contribution is 7.89. The van der Waals surface area contributed by atoms with Crippen molar-refractivity contribution in [3.63, 3.8) is 0 Å². The van der Waals surface area contributed by atoms with E-state index in [4.69, 9.17) is 5.14 Å². The molecule has 0 unspecified atom stereocenters. The minimum absolute atomic E-state index is 0.0289. The van der Waals surface area contributed by atoms with Crippen LogP contribution in [0.25, 0.3) is 0 Å². The van der Waals surface area contributed by atoms with E-state index in [9.17, 15) is 18.5 Å². The van der Waals surface area contributed by atoms with Crippen molar-refractivity contribution in [2.45, 2.75) is 12.8 Å². The Hall–Kier alpha value is -1.67. The van der Waals surface area contributed by atoms with Gasteiger partial charge in [-0.25, -0.2) is 13.6 Å². The maximum Gasteiger partial charge on any atom is 0.269 e. The monoisotopic (exact) mass is 299 g/mol. The zero-order chi connectivity index (χ0) is 14.8. The van der Waals surface area contributed by atoms with Gasteiger partial charge in [0.1, 0.15) is 0 Å². The fourth-order valence-corrected chi connectivity index (χ4v) is 3.46. The summed E-state index contributed by atoms with van der Waals surface area (Å²) < 4.78 is 22.1. The molecule has 0 bridgehead atoms. The smallest absolute Gasteiger partial charge is 0.269 e. The first-order chi connectivity index (χ1) is 9.35. The van der Waals surface area contributed by atoms with Gasteiger partial charge < -0.3 is 4.90 Å². The number of rotatable bonds is 4. The van der Waals surface area contributed by atoms with Crippen molar-refractivity contribution in [2.75, 3.05) is 23.7 Å². The van der Waals surface area contributed by atoms with Crippen LogP contribution in [-0.4, -0.2) is 32.2 Å². The van der Waals surface area contributed by atoms with E-state index in [1.165, 1.54) is 12.1 Å². The van der Waals surface area contributed by atoms with Gasteiger partial charge in [-0.2, -0.15) is 0 Å². The Kier molecular flexibility index (Phi) is 4.24. The predicted octanol–water partition coefficient (Wildman–Crippen LogP) is 1.10. The molecule has 1 aliphatic heterocycles. The number of primary sulfonamides is 1. The van der Waals surface area contributed by atoms with E-state index >= 15 is 0 Å². The van der Waals surface area contributed by atoms with Crippen LogP contribution in [0.4, 0.5) is 11.4 Å². The third-order valence-electron chi connectivity index (χ3n) is 3.51. The molecular formula is C12H17N3O4S. The number of anilines is 1. The number of nitro benzene ring substituents is 1. The van der Waals surface area contributed by atoms with Crippen LogP contribution in [0.5, 0.6) is 0 Å². The minimum atomic E-state index is -3.41. The summed E-state index contributed by atoms with van der Waals surface area (Å²) >= 11 is 0. The second-order valence-corrected chi connectivity index (χ2v) is 6.69. The van der Waals surface area contributed by atoms with E-state index in [-0.39, 0.29) is 17.4 Å². The molecule has 1 fully saturated rings. The van der Waals surface area contributed by atoms with Crippen molar-refractivity contribution in [3.8, 4) is 0 Å². The highest BCUT2D eigenvalue weighted by atomic mass is 32.2. The lowest BCUT2D eigenvalue weighted by Gasteiger charge is -2.33. The first-order valence-corrected chi connectivity index (χ1v) is 8.06. The number of benzene rings is 1. The molecule has 1 saturated heterocycles. The van der Waals surface area contributed by atoms with Crippen LogP contribution in [0.3, 0.4) is 0 Å². The maximum atomic E-state index is 11.1. The molecule has 0 saturated carbocycles. The summed E-state index contributed by atoms with van der Waals surface area (Å²) in [7, 11) is -3.41. The molecule has 110 valence electrons. The number of hydrogen-bond donors (Lipinski definition) is 1. The number of nitrogens with zero attached hydrogens (tertiary/aromatic N) is 2. The van der Waals surface area contributed by atoms with Crippen molar-refractivity contribution >= 4 is 21.4 Å². The van der Waals surface area contributed by atoms with Gasteiger partial charge in [-0.15, -0.1) is 0 Å². The van der Waals surface area contributed by atoms with Crippen LogP contribution in [0, 0.1) is 16.0 Å². The number of nitrogens with two attached hydrogens (primary N) is 1. The van der Waals surface area contributed by atoms with Gasteiger partial charge in [-0.3, -0.25) is 10.1 Å². The van der Waals surface area contributed by atoms with Crippen molar-refractivity contribution in [2.24, 2.45) is 11.1 Å². The molecule has 8 heteroatoms. The molecule has 2 N–H and O–H groups in total. The van der Waals surface area contributed by atoms with E-state index < -0.39 is 14.9 Å². The Bertz CT molecular complexity index is 577. The summed E-state index contributed by atoms with van der Waals surface area (Å²) in [5.74, 6) is 0.125. The van der Waals surface area contributed by atoms with Gasteiger partial charge in [0.25, 0.3) is 5.69 Å². The van der Waals surface area contributed by atoms with Gasteiger partial charge in [0.05, 0.1) is 10.7 Å². The van der Waals surface area contributed by atoms with Crippen molar-refractivity contribution in [3.05, 3.63) is 34.4 Å². The minimum Gasteiger partial charge on any atom is -0.372 e. The van der Waals surface area contributed by atoms with Gasteiger partial charge in [-0.1, -0.05) is 0 Å². The molecule has 1 aromatic carbocycles. The fourth-order valence-electron chi connectivity index (χ4n) is 2.47. The molecule has 7 nitrogen and oxygen atoms in total. The Balaban J connectivity index is 1.95. The molecule has 0 radical (unpaired) electrons. The van der Waals surface area contributed by atoms with E-state index in [0.29, 0.717) is 0 Å². The Morgan fingerprint density at radius 1 is 1.25 bits per heavy atom. The summed E-state index contributed by atoms with van der Waals surface area (Å²) in [6.45, 7) is 1.47. The normalized spacial score (nSPS) is 17.1. The van der Waals surface area contributed by atoms with Gasteiger partial charge in [0.2, 0.25) is 10.0 Å². The largest absolute Gasteiger partial charge is 0.372 e. The predicted molar refractivity (Wildman–Crippen MR) is 76.0 cm³/mol. The number of piperidine rings is 1. The molecule has 0 atom stereocenters. The zero-order valence-corrected chi connectivity index (χ0v) is 11.8. The number of non-ortho nitro benzene ring substituents is 1. The number of sulfonamides is 1. The summed E-state index contributed by atoms with van der Waals surface area (Å²) in [4.78, 5) is 12.3. The van der Waals surface area contributed by atoms with Crippen LogP contribution in [-0.2, 0) is 10.0 Å². The first kappa shape index (κ1) is 14.7. The fraction of sp³-hybridized carbons (Fsp3) is 0.500. The summed E-state index contributed by atoms with van der Waals surface area (Å²) in [5.41, 5.74) is 0.988. The van der Waals surface area contributed by atoms with Crippen LogP contribution in [0.1, 0.15) is 12.8 Å². The molecular weight excluding hydrogens is 282 g/mol. The third-order valence-corrected chi connectivity index (χ3v) is 4.44. The molecule has 20 heavy (non-hydrogen) atoms. The lowest BCUT2D eigenvalue weighted by atomic mass is 9.98. The summed E-state index contributed by atoms with van der Waals surface area (Å²) in [5, 5.41) is 15.6. The van der Waals surface area contributed by atoms with E-state index in [2.05, 4.69) is 4.90 Å². The second-order valence-electron chi connectivity index (χ2n) is 5.03. The highest BCUT2D eigenvalue weighted by Crippen LogP contribution is 2.25. The molecule has 1 heterocycles. The van der Waals surface area contributed by atoms with E-state index in [1.807, 2.05) is 0 Å². The molecule has 1 aromatic rings. The first-order valence-electron chi connectivity index (χ1n) is 6.35. The molecule has 2 rings (SSSR count). The topological polar surface area (TPSA) is 107 Å². The highest BCUT2D eigenvalue weighted by Gasteiger charge is 2.23. The molecule has 0 aromatic heterocycles. The van der Waals surface area contributed by atoms with Crippen molar-refractivity contribution in [1.29, 1.82) is 0 Å². The van der Waals surface area contributed by atoms with Crippen LogP contribution < -0.4 is 10.0 Å². The molecule has 0 aliphatic carbocycles. The van der Waals surface area contributed by atoms with Gasteiger partial charge in [0.15, 0.2) is 0 Å². The summed E-state index contributed by atoms with van der Waals surface area (Å²) in [6, 6.07) is 6.40. The Morgan fingerprint density at radius 3 is 2.25 bits per heavy atom. The van der Waals surface area contributed by atoms with Crippen molar-refractivity contribution in [1.82, 2.24) is 0 Å². The quantitative estimate of drug-likeness (QED) is 0.661. The van der Waals surface area contributed by atoms with Gasteiger partial charge >= 0.3 is 0 Å². The van der Waals surface area contributed by atoms with Crippen molar-refractivity contribution < 1.29 is 13.3 Å². The molecule has 0 spiro atoms. The van der Waals surface area contributed by atoms with E-state index in [1.54, 1.807) is 12.1 Å². The average Bonchev–Trinajstić information content (AvgIpc) is 2.38. The zero-order valence-electron chi connectivity index (χ0n) is 10.9. The number of hydrogen-bond acceptors (Lipinski definition) is 5. The lowest BCUT2D eigenvalue weighted by Crippen LogP contribution is -2.37. The standard InChI is InChI=1S/C12H17N3O4S/c13-20(18,19)9-10-5-7-14(8-6-10)11-1-3-12(4-2-11)15(16)17/h1-4,10H,5-9H2,(H2,13,18,19). The lowest BCUT2D eigenvalue weighted by molar-refractivity contribution is -0.384. The van der Waals surface area contributed by atoms with Gasteiger partial charge in [0, 0.05) is 30.9 Å². The molecule has 1 aliphatic rings. The maximum absolute atomic E-state index is 11.1. The third kappa shape index (κ3) is 3.91. The summed E-state index contributed by atoms with van der Waals surface area (Å²) in [6.07, 6.45) is 1.51.